The zero-order chi connectivity index (χ0) is 17.3. The highest BCUT2D eigenvalue weighted by Gasteiger charge is 2.14. The summed E-state index contributed by atoms with van der Waals surface area (Å²) in [5.74, 6) is 0. The Labute approximate surface area is 165 Å². The summed E-state index contributed by atoms with van der Waals surface area (Å²) in [6, 6.07) is 17.1. The van der Waals surface area contributed by atoms with Crippen molar-refractivity contribution in [2.24, 2.45) is 0 Å². The predicted molar refractivity (Wildman–Crippen MR) is 109 cm³/mol. The Bertz CT molecular complexity index is 906. The average Bonchev–Trinajstić information content (AvgIpc) is 2.55. The van der Waals surface area contributed by atoms with Crippen molar-refractivity contribution < 1.29 is 0 Å². The average molecular weight is 414 g/mol. The van der Waals surface area contributed by atoms with Crippen LogP contribution in [-0.2, 0) is 0 Å². The van der Waals surface area contributed by atoms with Crippen molar-refractivity contribution in [3.63, 3.8) is 0 Å². The Morgan fingerprint density at radius 1 is 0.583 bits per heavy atom. The van der Waals surface area contributed by atoms with Crippen molar-refractivity contribution in [2.75, 3.05) is 6.26 Å². The molecule has 0 aromatic heterocycles. The molecule has 0 bridgehead atoms. The number of rotatable bonds is 3. The monoisotopic (exact) mass is 412 g/mol. The van der Waals surface area contributed by atoms with Crippen molar-refractivity contribution >= 4 is 58.2 Å². The van der Waals surface area contributed by atoms with Crippen LogP contribution in [0.2, 0.25) is 20.1 Å². The fraction of sp³-hybridized carbons (Fsp3) is 0.0526. The molecule has 0 radical (unpaired) electrons. The Morgan fingerprint density at radius 3 is 1.75 bits per heavy atom. The molecule has 3 aromatic rings. The third-order valence-corrected chi connectivity index (χ3v) is 5.47. The summed E-state index contributed by atoms with van der Waals surface area (Å²) in [7, 11) is 0. The Morgan fingerprint density at radius 2 is 1.12 bits per heavy atom. The van der Waals surface area contributed by atoms with Crippen LogP contribution in [0.1, 0.15) is 0 Å². The van der Waals surface area contributed by atoms with Gasteiger partial charge in [-0.1, -0.05) is 58.5 Å². The van der Waals surface area contributed by atoms with Gasteiger partial charge in [-0.2, -0.15) is 0 Å². The smallest absolute Gasteiger partial charge is 0.0499 e. The highest BCUT2D eigenvalue weighted by atomic mass is 35.5. The van der Waals surface area contributed by atoms with E-state index in [1.807, 2.05) is 54.8 Å². The fourth-order valence-electron chi connectivity index (χ4n) is 2.57. The van der Waals surface area contributed by atoms with E-state index in [9.17, 15) is 0 Å². The minimum absolute atomic E-state index is 0.582. The SMILES string of the molecule is CSc1ccc(Cl)cc1-c1ccc(Cl)cc1-c1ccc(Cl)cc1Cl. The summed E-state index contributed by atoms with van der Waals surface area (Å²) in [4.78, 5) is 1.13. The maximum atomic E-state index is 6.42. The van der Waals surface area contributed by atoms with E-state index in [1.54, 1.807) is 17.8 Å². The molecule has 0 saturated heterocycles. The van der Waals surface area contributed by atoms with Crippen LogP contribution < -0.4 is 0 Å². The van der Waals surface area contributed by atoms with Crippen LogP contribution >= 0.6 is 58.2 Å². The number of thioether (sulfide) groups is 1. The minimum Gasteiger partial charge on any atom is -0.129 e. The molecule has 0 aliphatic heterocycles. The normalized spacial score (nSPS) is 10.9. The molecule has 0 N–H and O–H groups in total. The van der Waals surface area contributed by atoms with E-state index in [4.69, 9.17) is 46.4 Å². The summed E-state index contributed by atoms with van der Waals surface area (Å²) < 4.78 is 0. The van der Waals surface area contributed by atoms with Crippen molar-refractivity contribution in [1.82, 2.24) is 0 Å². The Balaban J connectivity index is 2.29. The second-order valence-electron chi connectivity index (χ2n) is 5.16. The minimum atomic E-state index is 0.582. The molecule has 0 unspecified atom stereocenters. The second-order valence-corrected chi connectivity index (χ2v) is 7.72. The van der Waals surface area contributed by atoms with Crippen molar-refractivity contribution in [1.29, 1.82) is 0 Å². The lowest BCUT2D eigenvalue weighted by molar-refractivity contribution is 1.44. The van der Waals surface area contributed by atoms with Gasteiger partial charge in [-0.15, -0.1) is 11.8 Å². The quantitative estimate of drug-likeness (QED) is 0.388. The van der Waals surface area contributed by atoms with Crippen LogP contribution in [0.5, 0.6) is 0 Å². The molecule has 3 rings (SSSR count). The lowest BCUT2D eigenvalue weighted by atomic mass is 9.94. The molecule has 122 valence electrons. The topological polar surface area (TPSA) is 0 Å². The molecule has 5 heteroatoms. The van der Waals surface area contributed by atoms with Crippen molar-refractivity contribution in [3.05, 3.63) is 74.7 Å². The molecule has 0 heterocycles. The van der Waals surface area contributed by atoms with Crippen LogP contribution in [-0.4, -0.2) is 6.26 Å². The summed E-state index contributed by atoms with van der Waals surface area (Å²) in [6.45, 7) is 0. The number of hydrogen-bond acceptors (Lipinski definition) is 1. The molecule has 0 saturated carbocycles. The first-order chi connectivity index (χ1) is 11.5. The van der Waals surface area contributed by atoms with Gasteiger partial charge in [0.2, 0.25) is 0 Å². The first-order valence-corrected chi connectivity index (χ1v) is 9.82. The lowest BCUT2D eigenvalue weighted by Gasteiger charge is -2.15. The van der Waals surface area contributed by atoms with Gasteiger partial charge in [0.25, 0.3) is 0 Å². The number of hydrogen-bond donors (Lipinski definition) is 0. The van der Waals surface area contributed by atoms with Gasteiger partial charge in [-0.05, 0) is 65.4 Å². The first kappa shape index (κ1) is 18.0. The molecular weight excluding hydrogens is 402 g/mol. The van der Waals surface area contributed by atoms with Gasteiger partial charge in [-0.3, -0.25) is 0 Å². The van der Waals surface area contributed by atoms with E-state index >= 15 is 0 Å². The summed E-state index contributed by atoms with van der Waals surface area (Å²) in [5, 5.41) is 2.51. The van der Waals surface area contributed by atoms with E-state index < -0.39 is 0 Å². The molecule has 0 aliphatic carbocycles. The predicted octanol–water partition coefficient (Wildman–Crippen LogP) is 8.36. The summed E-state index contributed by atoms with van der Waals surface area (Å²) in [6.07, 6.45) is 2.04. The molecule has 0 amide bonds. The van der Waals surface area contributed by atoms with Gasteiger partial charge in [0.1, 0.15) is 0 Å². The fourth-order valence-corrected chi connectivity index (χ4v) is 4.02. The van der Waals surface area contributed by atoms with E-state index in [0.29, 0.717) is 20.1 Å². The van der Waals surface area contributed by atoms with Crippen LogP contribution in [0, 0.1) is 0 Å². The molecule has 24 heavy (non-hydrogen) atoms. The Kier molecular flexibility index (Phi) is 5.69. The molecule has 3 aromatic carbocycles. The molecule has 0 atom stereocenters. The third kappa shape index (κ3) is 3.71. The third-order valence-electron chi connectivity index (χ3n) is 3.65. The van der Waals surface area contributed by atoms with E-state index in [2.05, 4.69) is 0 Å². The van der Waals surface area contributed by atoms with Gasteiger partial charge < -0.3 is 0 Å². The van der Waals surface area contributed by atoms with Gasteiger partial charge >= 0.3 is 0 Å². The van der Waals surface area contributed by atoms with Gasteiger partial charge in [-0.25, -0.2) is 0 Å². The second kappa shape index (κ2) is 7.59. The highest BCUT2D eigenvalue weighted by molar-refractivity contribution is 7.98. The van der Waals surface area contributed by atoms with Crippen LogP contribution in [0.15, 0.2) is 59.5 Å². The lowest BCUT2D eigenvalue weighted by Crippen LogP contribution is -1.89. The van der Waals surface area contributed by atoms with Crippen LogP contribution in [0.4, 0.5) is 0 Å². The van der Waals surface area contributed by atoms with Crippen LogP contribution in [0.3, 0.4) is 0 Å². The first-order valence-electron chi connectivity index (χ1n) is 7.08. The van der Waals surface area contributed by atoms with E-state index in [0.717, 1.165) is 27.1 Å². The van der Waals surface area contributed by atoms with Gasteiger partial charge in [0.15, 0.2) is 0 Å². The maximum Gasteiger partial charge on any atom is 0.0499 e. The molecule has 0 aliphatic rings. The zero-order valence-corrected chi connectivity index (χ0v) is 16.5. The van der Waals surface area contributed by atoms with Gasteiger partial charge in [0.05, 0.1) is 0 Å². The van der Waals surface area contributed by atoms with E-state index in [-0.39, 0.29) is 0 Å². The summed E-state index contributed by atoms with van der Waals surface area (Å²) >= 11 is 26.6. The molecule has 0 nitrogen and oxygen atoms in total. The largest absolute Gasteiger partial charge is 0.129 e. The van der Waals surface area contributed by atoms with Gasteiger partial charge in [0, 0.05) is 30.5 Å². The molecule has 0 spiro atoms. The summed E-state index contributed by atoms with van der Waals surface area (Å²) in [5.41, 5.74) is 3.90. The molecular formula is C19H12Cl4S. The Hall–Kier alpha value is -0.830. The van der Waals surface area contributed by atoms with Crippen LogP contribution in [0.25, 0.3) is 22.3 Å². The number of benzene rings is 3. The van der Waals surface area contributed by atoms with Crippen molar-refractivity contribution in [3.8, 4) is 22.3 Å². The van der Waals surface area contributed by atoms with Crippen molar-refractivity contribution in [2.45, 2.75) is 4.90 Å². The standard InChI is InChI=1S/C19H12Cl4S/c1-24-19-7-4-12(21)9-17(19)14-5-2-11(20)8-16(14)15-6-3-13(22)10-18(15)23/h2-10H,1H3. The molecule has 0 fully saturated rings. The highest BCUT2D eigenvalue weighted by Crippen LogP contribution is 2.42. The maximum absolute atomic E-state index is 6.42. The zero-order valence-electron chi connectivity index (χ0n) is 12.6. The number of halogens is 4. The van der Waals surface area contributed by atoms with E-state index in [1.165, 1.54) is 0 Å².